The van der Waals surface area contributed by atoms with E-state index in [4.69, 9.17) is 5.11 Å². The van der Waals surface area contributed by atoms with Crippen LogP contribution < -0.4 is 0 Å². The lowest BCUT2D eigenvalue weighted by Gasteiger charge is -2.11. The first-order valence-electron chi connectivity index (χ1n) is 3.89. The van der Waals surface area contributed by atoms with Gasteiger partial charge in [0.1, 0.15) is 5.82 Å². The monoisotopic (exact) mass is 248 g/mol. The minimum atomic E-state index is -0.824. The lowest BCUT2D eigenvalue weighted by molar-refractivity contribution is 0.133. The standard InChI is InChI=1S/C9H10BrFO2/c10-8-2-1-6(11)5-7(8)9(13)3-4-12/h1-2,5,9,12-13H,3-4H2. The molecular formula is C9H10BrFO2. The topological polar surface area (TPSA) is 40.5 Å². The number of hydrogen-bond acceptors (Lipinski definition) is 2. The Morgan fingerprint density at radius 1 is 1.46 bits per heavy atom. The number of halogens is 2. The molecule has 0 bridgehead atoms. The Balaban J connectivity index is 2.91. The van der Waals surface area contributed by atoms with Crippen LogP contribution in [0.1, 0.15) is 18.1 Å². The predicted molar refractivity (Wildman–Crippen MR) is 50.8 cm³/mol. The second-order valence-electron chi connectivity index (χ2n) is 2.69. The zero-order valence-corrected chi connectivity index (χ0v) is 8.46. The van der Waals surface area contributed by atoms with Crippen LogP contribution in [0, 0.1) is 5.82 Å². The van der Waals surface area contributed by atoms with Crippen molar-refractivity contribution >= 4 is 15.9 Å². The third-order valence-corrected chi connectivity index (χ3v) is 2.44. The molecular weight excluding hydrogens is 239 g/mol. The van der Waals surface area contributed by atoms with Crippen molar-refractivity contribution in [3.05, 3.63) is 34.1 Å². The molecule has 0 aliphatic heterocycles. The third-order valence-electron chi connectivity index (χ3n) is 1.72. The number of aliphatic hydroxyl groups is 2. The van der Waals surface area contributed by atoms with Crippen molar-refractivity contribution < 1.29 is 14.6 Å². The van der Waals surface area contributed by atoms with Crippen LogP contribution in [0.5, 0.6) is 0 Å². The Kier molecular flexibility index (Phi) is 3.84. The van der Waals surface area contributed by atoms with E-state index in [0.29, 0.717) is 10.0 Å². The summed E-state index contributed by atoms with van der Waals surface area (Å²) in [6.07, 6.45) is -0.614. The number of hydrogen-bond donors (Lipinski definition) is 2. The highest BCUT2D eigenvalue weighted by molar-refractivity contribution is 9.10. The van der Waals surface area contributed by atoms with Crippen LogP contribution in [0.25, 0.3) is 0 Å². The Morgan fingerprint density at radius 2 is 2.15 bits per heavy atom. The van der Waals surface area contributed by atoms with Crippen molar-refractivity contribution in [2.45, 2.75) is 12.5 Å². The first kappa shape index (κ1) is 10.6. The predicted octanol–water partition coefficient (Wildman–Crippen LogP) is 2.00. The number of aliphatic hydroxyl groups excluding tert-OH is 2. The van der Waals surface area contributed by atoms with Gasteiger partial charge in [-0.1, -0.05) is 15.9 Å². The molecule has 2 N–H and O–H groups in total. The van der Waals surface area contributed by atoms with Gasteiger partial charge in [-0.25, -0.2) is 4.39 Å². The summed E-state index contributed by atoms with van der Waals surface area (Å²) in [5, 5.41) is 18.1. The summed E-state index contributed by atoms with van der Waals surface area (Å²) in [6, 6.07) is 4.09. The summed E-state index contributed by atoms with van der Waals surface area (Å²) in [7, 11) is 0. The molecule has 0 saturated carbocycles. The maximum atomic E-state index is 12.8. The fraction of sp³-hybridized carbons (Fsp3) is 0.333. The molecule has 0 aromatic heterocycles. The minimum Gasteiger partial charge on any atom is -0.396 e. The number of benzene rings is 1. The van der Waals surface area contributed by atoms with Crippen LogP contribution in [0.15, 0.2) is 22.7 Å². The molecule has 13 heavy (non-hydrogen) atoms. The van der Waals surface area contributed by atoms with Crippen LogP contribution in [0.3, 0.4) is 0 Å². The van der Waals surface area contributed by atoms with E-state index in [2.05, 4.69) is 15.9 Å². The molecule has 0 spiro atoms. The highest BCUT2D eigenvalue weighted by Gasteiger charge is 2.11. The summed E-state index contributed by atoms with van der Waals surface area (Å²) in [6.45, 7) is -0.121. The summed E-state index contributed by atoms with van der Waals surface area (Å²) >= 11 is 3.19. The van der Waals surface area contributed by atoms with Crippen molar-refractivity contribution in [1.29, 1.82) is 0 Å². The summed E-state index contributed by atoms with van der Waals surface area (Å²) in [5.74, 6) is -0.393. The normalized spacial score (nSPS) is 12.9. The SMILES string of the molecule is OCCC(O)c1cc(F)ccc1Br. The van der Waals surface area contributed by atoms with Gasteiger partial charge in [0.05, 0.1) is 6.10 Å². The van der Waals surface area contributed by atoms with Gasteiger partial charge in [0.15, 0.2) is 0 Å². The van der Waals surface area contributed by atoms with E-state index < -0.39 is 11.9 Å². The highest BCUT2D eigenvalue weighted by Crippen LogP contribution is 2.25. The Bertz CT molecular complexity index is 291. The largest absolute Gasteiger partial charge is 0.396 e. The van der Waals surface area contributed by atoms with Gasteiger partial charge in [-0.05, 0) is 23.8 Å². The summed E-state index contributed by atoms with van der Waals surface area (Å²) in [5.41, 5.74) is 0.467. The first-order chi connectivity index (χ1) is 6.15. The average Bonchev–Trinajstić information content (AvgIpc) is 2.09. The molecule has 0 heterocycles. The molecule has 0 amide bonds. The van der Waals surface area contributed by atoms with Gasteiger partial charge in [-0.3, -0.25) is 0 Å². The molecule has 1 aromatic rings. The Labute approximate surface area is 84.1 Å². The smallest absolute Gasteiger partial charge is 0.123 e. The van der Waals surface area contributed by atoms with E-state index in [0.717, 1.165) is 0 Å². The third kappa shape index (κ3) is 2.76. The molecule has 1 unspecified atom stereocenters. The Morgan fingerprint density at radius 3 is 2.77 bits per heavy atom. The zero-order valence-electron chi connectivity index (χ0n) is 6.87. The maximum Gasteiger partial charge on any atom is 0.123 e. The van der Waals surface area contributed by atoms with Gasteiger partial charge in [0.2, 0.25) is 0 Å². The molecule has 0 saturated heterocycles. The molecule has 0 aliphatic carbocycles. The van der Waals surface area contributed by atoms with Crippen molar-refractivity contribution in [3.8, 4) is 0 Å². The summed E-state index contributed by atoms with van der Waals surface area (Å²) < 4.78 is 13.4. The molecule has 1 atom stereocenters. The quantitative estimate of drug-likeness (QED) is 0.860. The van der Waals surface area contributed by atoms with Crippen molar-refractivity contribution in [2.24, 2.45) is 0 Å². The van der Waals surface area contributed by atoms with Crippen LogP contribution in [0.4, 0.5) is 4.39 Å². The second-order valence-corrected chi connectivity index (χ2v) is 3.55. The Hall–Kier alpha value is -0.450. The molecule has 72 valence electrons. The van der Waals surface area contributed by atoms with E-state index in [1.165, 1.54) is 18.2 Å². The van der Waals surface area contributed by atoms with Crippen LogP contribution >= 0.6 is 15.9 Å². The molecule has 0 fully saturated rings. The van der Waals surface area contributed by atoms with Crippen LogP contribution in [0.2, 0.25) is 0 Å². The van der Waals surface area contributed by atoms with Gasteiger partial charge in [0, 0.05) is 17.5 Å². The molecule has 1 aromatic carbocycles. The number of rotatable bonds is 3. The lowest BCUT2D eigenvalue weighted by Crippen LogP contribution is -2.01. The molecule has 2 nitrogen and oxygen atoms in total. The minimum absolute atomic E-state index is 0.121. The van der Waals surface area contributed by atoms with E-state index in [-0.39, 0.29) is 13.0 Å². The van der Waals surface area contributed by atoms with E-state index in [9.17, 15) is 9.50 Å². The van der Waals surface area contributed by atoms with Gasteiger partial charge in [-0.15, -0.1) is 0 Å². The van der Waals surface area contributed by atoms with Gasteiger partial charge in [-0.2, -0.15) is 0 Å². The fourth-order valence-corrected chi connectivity index (χ4v) is 1.56. The average molecular weight is 249 g/mol. The van der Waals surface area contributed by atoms with E-state index in [1.807, 2.05) is 0 Å². The van der Waals surface area contributed by atoms with Gasteiger partial charge < -0.3 is 10.2 Å². The van der Waals surface area contributed by atoms with Crippen molar-refractivity contribution in [1.82, 2.24) is 0 Å². The molecule has 4 heteroatoms. The van der Waals surface area contributed by atoms with E-state index in [1.54, 1.807) is 0 Å². The van der Waals surface area contributed by atoms with Gasteiger partial charge in [0.25, 0.3) is 0 Å². The van der Waals surface area contributed by atoms with Crippen molar-refractivity contribution in [3.63, 3.8) is 0 Å². The van der Waals surface area contributed by atoms with Crippen molar-refractivity contribution in [2.75, 3.05) is 6.61 Å². The lowest BCUT2D eigenvalue weighted by atomic mass is 10.1. The second kappa shape index (κ2) is 4.69. The highest BCUT2D eigenvalue weighted by atomic mass is 79.9. The molecule has 0 radical (unpaired) electrons. The van der Waals surface area contributed by atoms with Crippen LogP contribution in [-0.4, -0.2) is 16.8 Å². The van der Waals surface area contributed by atoms with E-state index >= 15 is 0 Å². The van der Waals surface area contributed by atoms with Gasteiger partial charge >= 0.3 is 0 Å². The molecule has 1 rings (SSSR count). The molecule has 0 aliphatic rings. The summed E-state index contributed by atoms with van der Waals surface area (Å²) in [4.78, 5) is 0. The zero-order chi connectivity index (χ0) is 9.84. The van der Waals surface area contributed by atoms with Crippen LogP contribution in [-0.2, 0) is 0 Å². The maximum absolute atomic E-state index is 12.8. The fourth-order valence-electron chi connectivity index (χ4n) is 1.05. The first-order valence-corrected chi connectivity index (χ1v) is 4.68.